The Balaban J connectivity index is 2.04. The van der Waals surface area contributed by atoms with Gasteiger partial charge in [0.15, 0.2) is 17.3 Å². The van der Waals surface area contributed by atoms with E-state index in [1.807, 2.05) is 17.8 Å². The smallest absolute Gasteiger partial charge is 0.170 e. The van der Waals surface area contributed by atoms with Crippen molar-refractivity contribution in [1.82, 2.24) is 9.55 Å². The summed E-state index contributed by atoms with van der Waals surface area (Å²) < 4.78 is 12.9. The van der Waals surface area contributed by atoms with E-state index in [0.29, 0.717) is 30.1 Å². The number of ether oxygens (including phenoxy) is 2. The van der Waals surface area contributed by atoms with Crippen molar-refractivity contribution in [1.29, 1.82) is 0 Å². The van der Waals surface area contributed by atoms with E-state index in [1.165, 1.54) is 7.11 Å². The van der Waals surface area contributed by atoms with Crippen molar-refractivity contribution in [3.63, 3.8) is 0 Å². The zero-order chi connectivity index (χ0) is 15.2. The fourth-order valence-electron chi connectivity index (χ4n) is 1.89. The molecule has 2 aromatic rings. The lowest BCUT2D eigenvalue weighted by atomic mass is 10.2. The third-order valence-corrected chi connectivity index (χ3v) is 3.07. The molecule has 2 rings (SSSR count). The van der Waals surface area contributed by atoms with E-state index < -0.39 is 0 Å². The molecule has 0 unspecified atom stereocenters. The van der Waals surface area contributed by atoms with E-state index in [2.05, 4.69) is 10.1 Å². The summed E-state index contributed by atoms with van der Waals surface area (Å²) in [5.41, 5.74) is 6.10. The average Bonchev–Trinajstić information content (AvgIpc) is 2.92. The maximum absolute atomic E-state index is 8.68. The van der Waals surface area contributed by atoms with Crippen LogP contribution in [0.3, 0.4) is 0 Å². The van der Waals surface area contributed by atoms with E-state index >= 15 is 0 Å². The number of methoxy groups -OCH3 is 1. The summed E-state index contributed by atoms with van der Waals surface area (Å²) >= 11 is 0. The Morgan fingerprint density at radius 2 is 2.24 bits per heavy atom. The van der Waals surface area contributed by atoms with Crippen molar-refractivity contribution >= 4 is 5.84 Å². The summed E-state index contributed by atoms with van der Waals surface area (Å²) in [7, 11) is 3.48. The van der Waals surface area contributed by atoms with Gasteiger partial charge in [0.2, 0.25) is 0 Å². The van der Waals surface area contributed by atoms with Crippen molar-refractivity contribution in [2.45, 2.75) is 6.42 Å². The van der Waals surface area contributed by atoms with Gasteiger partial charge in [-0.2, -0.15) is 0 Å². The lowest BCUT2D eigenvalue weighted by molar-refractivity contribution is 0.294. The Bertz CT molecular complexity index is 637. The normalized spacial score (nSPS) is 11.4. The molecule has 0 amide bonds. The number of nitrogens with two attached hydrogens (primary N) is 1. The zero-order valence-corrected chi connectivity index (χ0v) is 12.0. The molecule has 7 heteroatoms. The van der Waals surface area contributed by atoms with Gasteiger partial charge in [0.05, 0.1) is 13.7 Å². The lowest BCUT2D eigenvalue weighted by Crippen LogP contribution is -2.13. The summed E-state index contributed by atoms with van der Waals surface area (Å²) in [6.45, 7) is 0.476. The van der Waals surface area contributed by atoms with Crippen LogP contribution < -0.4 is 15.2 Å². The number of benzene rings is 1. The van der Waals surface area contributed by atoms with Crippen LogP contribution in [0.25, 0.3) is 0 Å². The second-order valence-corrected chi connectivity index (χ2v) is 4.40. The SMILES string of the molecule is COc1cc(/C(N)=N/O)ccc1OCCc1nccn1C. The van der Waals surface area contributed by atoms with Crippen LogP contribution in [0.1, 0.15) is 11.4 Å². The van der Waals surface area contributed by atoms with Crippen molar-refractivity contribution in [3.05, 3.63) is 42.0 Å². The van der Waals surface area contributed by atoms with Crippen LogP contribution in [-0.4, -0.2) is 34.3 Å². The fourth-order valence-corrected chi connectivity index (χ4v) is 1.89. The molecule has 0 spiro atoms. The third-order valence-electron chi connectivity index (χ3n) is 3.07. The second kappa shape index (κ2) is 6.65. The van der Waals surface area contributed by atoms with Crippen molar-refractivity contribution in [2.24, 2.45) is 17.9 Å². The highest BCUT2D eigenvalue weighted by atomic mass is 16.5. The number of hydrogen-bond donors (Lipinski definition) is 2. The molecule has 0 bridgehead atoms. The predicted molar refractivity (Wildman–Crippen MR) is 77.9 cm³/mol. The topological polar surface area (TPSA) is 94.9 Å². The highest BCUT2D eigenvalue weighted by Crippen LogP contribution is 2.28. The molecule has 0 aliphatic carbocycles. The van der Waals surface area contributed by atoms with Gasteiger partial charge in [0.25, 0.3) is 0 Å². The van der Waals surface area contributed by atoms with E-state index in [4.69, 9.17) is 20.4 Å². The standard InChI is InChI=1S/C14H18N4O3/c1-18-7-6-16-13(18)5-8-21-11-4-3-10(14(15)17-19)9-12(11)20-2/h3-4,6-7,9,19H,5,8H2,1-2H3,(H2,15,17). The molecule has 1 aromatic heterocycles. The predicted octanol–water partition coefficient (Wildman–Crippen LogP) is 1.14. The number of imidazole rings is 1. The Morgan fingerprint density at radius 1 is 1.43 bits per heavy atom. The summed E-state index contributed by atoms with van der Waals surface area (Å²) in [5, 5.41) is 11.6. The minimum absolute atomic E-state index is 0.0212. The summed E-state index contributed by atoms with van der Waals surface area (Å²) in [5.74, 6) is 2.09. The Labute approximate surface area is 122 Å². The molecule has 1 heterocycles. The first-order valence-corrected chi connectivity index (χ1v) is 6.40. The molecule has 7 nitrogen and oxygen atoms in total. The van der Waals surface area contributed by atoms with E-state index in [-0.39, 0.29) is 5.84 Å². The van der Waals surface area contributed by atoms with Crippen LogP contribution in [0.2, 0.25) is 0 Å². The number of aromatic nitrogens is 2. The lowest BCUT2D eigenvalue weighted by Gasteiger charge is -2.11. The second-order valence-electron chi connectivity index (χ2n) is 4.40. The molecule has 21 heavy (non-hydrogen) atoms. The van der Waals surface area contributed by atoms with Gasteiger partial charge in [-0.3, -0.25) is 0 Å². The van der Waals surface area contributed by atoms with Gasteiger partial charge in [0, 0.05) is 31.4 Å². The molecular formula is C14H18N4O3. The number of amidine groups is 1. The number of nitrogens with zero attached hydrogens (tertiary/aromatic N) is 3. The van der Waals surface area contributed by atoms with Crippen LogP contribution in [0, 0.1) is 0 Å². The molecule has 0 radical (unpaired) electrons. The molecule has 0 aliphatic rings. The molecule has 0 fully saturated rings. The van der Waals surface area contributed by atoms with Gasteiger partial charge < -0.3 is 25.0 Å². The van der Waals surface area contributed by atoms with Crippen LogP contribution in [-0.2, 0) is 13.5 Å². The molecule has 0 aliphatic heterocycles. The first-order valence-electron chi connectivity index (χ1n) is 6.40. The van der Waals surface area contributed by atoms with Gasteiger partial charge >= 0.3 is 0 Å². The van der Waals surface area contributed by atoms with E-state index in [1.54, 1.807) is 24.4 Å². The molecule has 1 aromatic carbocycles. The van der Waals surface area contributed by atoms with Crippen LogP contribution in [0.15, 0.2) is 35.7 Å². The summed E-state index contributed by atoms with van der Waals surface area (Å²) in [6.07, 6.45) is 4.33. The highest BCUT2D eigenvalue weighted by Gasteiger charge is 2.09. The Hall–Kier alpha value is -2.70. The average molecular weight is 290 g/mol. The third kappa shape index (κ3) is 3.44. The Kier molecular flexibility index (Phi) is 4.65. The molecular weight excluding hydrogens is 272 g/mol. The van der Waals surface area contributed by atoms with Gasteiger partial charge in [-0.1, -0.05) is 5.16 Å². The molecule has 0 atom stereocenters. The molecule has 0 saturated heterocycles. The quantitative estimate of drug-likeness (QED) is 0.360. The van der Waals surface area contributed by atoms with Crippen molar-refractivity contribution in [3.8, 4) is 11.5 Å². The minimum Gasteiger partial charge on any atom is -0.493 e. The molecule has 3 N–H and O–H groups in total. The van der Waals surface area contributed by atoms with Gasteiger partial charge in [-0.25, -0.2) is 4.98 Å². The first kappa shape index (κ1) is 14.7. The van der Waals surface area contributed by atoms with Gasteiger partial charge in [-0.05, 0) is 18.2 Å². The monoisotopic (exact) mass is 290 g/mol. The largest absolute Gasteiger partial charge is 0.493 e. The van der Waals surface area contributed by atoms with Crippen LogP contribution in [0.4, 0.5) is 0 Å². The van der Waals surface area contributed by atoms with Crippen molar-refractivity contribution in [2.75, 3.05) is 13.7 Å². The van der Waals surface area contributed by atoms with Gasteiger partial charge in [0.1, 0.15) is 5.82 Å². The summed E-state index contributed by atoms with van der Waals surface area (Å²) in [4.78, 5) is 4.23. The first-order chi connectivity index (χ1) is 10.2. The van der Waals surface area contributed by atoms with Crippen molar-refractivity contribution < 1.29 is 14.7 Å². The van der Waals surface area contributed by atoms with Gasteiger partial charge in [-0.15, -0.1) is 0 Å². The van der Waals surface area contributed by atoms with Crippen LogP contribution >= 0.6 is 0 Å². The number of aryl methyl sites for hydroxylation is 1. The summed E-state index contributed by atoms with van der Waals surface area (Å²) in [6, 6.07) is 5.09. The number of rotatable bonds is 6. The maximum atomic E-state index is 8.68. The molecule has 112 valence electrons. The minimum atomic E-state index is 0.0212. The maximum Gasteiger partial charge on any atom is 0.170 e. The fraction of sp³-hybridized carbons (Fsp3) is 0.286. The number of hydrogen-bond acceptors (Lipinski definition) is 5. The van der Waals surface area contributed by atoms with Crippen LogP contribution in [0.5, 0.6) is 11.5 Å². The van der Waals surface area contributed by atoms with E-state index in [0.717, 1.165) is 5.82 Å². The number of oxime groups is 1. The highest BCUT2D eigenvalue weighted by molar-refractivity contribution is 5.97. The Morgan fingerprint density at radius 3 is 2.86 bits per heavy atom. The molecule has 0 saturated carbocycles. The zero-order valence-electron chi connectivity index (χ0n) is 12.0. The van der Waals surface area contributed by atoms with E-state index in [9.17, 15) is 0 Å².